The molecule has 1 N–H and O–H groups in total. The van der Waals surface area contributed by atoms with Crippen molar-refractivity contribution in [3.8, 4) is 5.75 Å². The van der Waals surface area contributed by atoms with Crippen molar-refractivity contribution in [1.82, 2.24) is 4.98 Å². The predicted octanol–water partition coefficient (Wildman–Crippen LogP) is 5.17. The van der Waals surface area contributed by atoms with Crippen LogP contribution in [0, 0.1) is 0 Å². The number of hydrogen-bond donors (Lipinski definition) is 1. The molecule has 5 nitrogen and oxygen atoms in total. The van der Waals surface area contributed by atoms with Gasteiger partial charge in [0, 0.05) is 22.3 Å². The maximum absolute atomic E-state index is 13.1. The lowest BCUT2D eigenvalue weighted by Gasteiger charge is -2.27. The molecule has 0 bridgehead atoms. The predicted molar refractivity (Wildman–Crippen MR) is 107 cm³/mol. The molecule has 4 rings (SSSR count). The van der Waals surface area contributed by atoms with Crippen molar-refractivity contribution >= 4 is 40.6 Å². The van der Waals surface area contributed by atoms with E-state index >= 15 is 0 Å². The summed E-state index contributed by atoms with van der Waals surface area (Å²) in [5, 5.41) is 4.44. The van der Waals surface area contributed by atoms with Crippen molar-refractivity contribution in [3.05, 3.63) is 82.0 Å². The lowest BCUT2D eigenvalue weighted by molar-refractivity contribution is 0.0992. The molecule has 0 aliphatic carbocycles. The lowest BCUT2D eigenvalue weighted by Crippen LogP contribution is -2.33. The summed E-state index contributed by atoms with van der Waals surface area (Å²) in [7, 11) is 1.58. The maximum Gasteiger partial charge on any atom is 0.261 e. The normalized spacial score (nSPS) is 15.6. The number of halogens is 2. The second kappa shape index (κ2) is 7.10. The third-order valence-electron chi connectivity index (χ3n) is 4.38. The molecule has 1 amide bonds. The molecule has 1 aromatic heterocycles. The van der Waals surface area contributed by atoms with E-state index in [4.69, 9.17) is 27.9 Å². The number of nitrogens with zero attached hydrogens (tertiary/aromatic N) is 2. The molecule has 7 heteroatoms. The lowest BCUT2D eigenvalue weighted by atomic mass is 10.1. The van der Waals surface area contributed by atoms with E-state index in [2.05, 4.69) is 10.3 Å². The Morgan fingerprint density at radius 3 is 2.59 bits per heavy atom. The number of benzene rings is 2. The first-order valence-electron chi connectivity index (χ1n) is 8.22. The monoisotopic (exact) mass is 399 g/mol. The van der Waals surface area contributed by atoms with Gasteiger partial charge in [0.15, 0.2) is 0 Å². The summed E-state index contributed by atoms with van der Waals surface area (Å²) in [5.41, 5.74) is 2.15. The summed E-state index contributed by atoms with van der Waals surface area (Å²) in [5.74, 6) is 0.984. The van der Waals surface area contributed by atoms with Crippen LogP contribution in [0.2, 0.25) is 10.0 Å². The first-order chi connectivity index (χ1) is 13.1. The van der Waals surface area contributed by atoms with Crippen LogP contribution < -0.4 is 15.0 Å². The first kappa shape index (κ1) is 17.6. The minimum absolute atomic E-state index is 0.140. The van der Waals surface area contributed by atoms with Crippen LogP contribution in [0.5, 0.6) is 5.75 Å². The molecule has 2 heterocycles. The number of hydrogen-bond acceptors (Lipinski definition) is 4. The molecule has 0 saturated heterocycles. The number of amides is 1. The van der Waals surface area contributed by atoms with Crippen molar-refractivity contribution in [2.75, 3.05) is 17.3 Å². The van der Waals surface area contributed by atoms with Crippen LogP contribution in [0.15, 0.2) is 60.8 Å². The van der Waals surface area contributed by atoms with Gasteiger partial charge in [-0.1, -0.05) is 41.4 Å². The van der Waals surface area contributed by atoms with Gasteiger partial charge < -0.3 is 10.1 Å². The standard InChI is InChI=1S/C20H15Cl2N3O2/c1-27-17-8-6-12(21)10-16(17)24-19-14-4-2-3-5-15(14)20(26)25(19)18-9-7-13(22)11-23-18/h2-11,19,24H,1H3. The Balaban J connectivity index is 1.80. The van der Waals surface area contributed by atoms with E-state index in [1.807, 2.05) is 18.2 Å². The third kappa shape index (κ3) is 3.20. The molecule has 0 spiro atoms. The van der Waals surface area contributed by atoms with Crippen LogP contribution in [-0.2, 0) is 0 Å². The molecule has 0 fully saturated rings. The fraction of sp³-hybridized carbons (Fsp3) is 0.100. The van der Waals surface area contributed by atoms with E-state index in [0.29, 0.717) is 32.9 Å². The van der Waals surface area contributed by atoms with Gasteiger partial charge in [0.1, 0.15) is 17.7 Å². The van der Waals surface area contributed by atoms with Crippen LogP contribution in [-0.4, -0.2) is 18.0 Å². The van der Waals surface area contributed by atoms with Gasteiger partial charge in [-0.25, -0.2) is 4.98 Å². The van der Waals surface area contributed by atoms with Crippen molar-refractivity contribution in [2.24, 2.45) is 0 Å². The van der Waals surface area contributed by atoms with E-state index in [1.165, 1.54) is 6.20 Å². The third-order valence-corrected chi connectivity index (χ3v) is 4.83. The second-order valence-corrected chi connectivity index (χ2v) is 6.86. The summed E-state index contributed by atoms with van der Waals surface area (Å²) >= 11 is 12.1. The molecule has 3 aromatic rings. The summed E-state index contributed by atoms with van der Waals surface area (Å²) in [6, 6.07) is 16.2. The number of fused-ring (bicyclic) bond motifs is 1. The zero-order chi connectivity index (χ0) is 19.0. The Kier molecular flexibility index (Phi) is 4.64. The SMILES string of the molecule is COc1ccc(Cl)cc1NC1c2ccccc2C(=O)N1c1ccc(Cl)cn1. The second-order valence-electron chi connectivity index (χ2n) is 5.99. The van der Waals surface area contributed by atoms with E-state index in [-0.39, 0.29) is 5.91 Å². The average molecular weight is 400 g/mol. The van der Waals surface area contributed by atoms with Gasteiger partial charge in [0.25, 0.3) is 5.91 Å². The Bertz CT molecular complexity index is 1010. The number of carbonyl (C=O) groups excluding carboxylic acids is 1. The molecule has 1 atom stereocenters. The zero-order valence-corrected chi connectivity index (χ0v) is 15.8. The van der Waals surface area contributed by atoms with Gasteiger partial charge in [-0.05, 0) is 36.4 Å². The molecule has 2 aromatic carbocycles. The molecule has 136 valence electrons. The Labute approximate surface area is 166 Å². The van der Waals surface area contributed by atoms with Crippen molar-refractivity contribution in [1.29, 1.82) is 0 Å². The molecule has 1 unspecified atom stereocenters. The minimum atomic E-state index is -0.463. The highest BCUT2D eigenvalue weighted by Gasteiger charge is 2.38. The molecule has 27 heavy (non-hydrogen) atoms. The fourth-order valence-electron chi connectivity index (χ4n) is 3.15. The van der Waals surface area contributed by atoms with E-state index in [0.717, 1.165) is 5.56 Å². The summed E-state index contributed by atoms with van der Waals surface area (Å²) < 4.78 is 5.42. The minimum Gasteiger partial charge on any atom is -0.495 e. The number of methoxy groups -OCH3 is 1. The van der Waals surface area contributed by atoms with Crippen LogP contribution >= 0.6 is 23.2 Å². The number of nitrogens with one attached hydrogen (secondary N) is 1. The molecule has 0 radical (unpaired) electrons. The van der Waals surface area contributed by atoms with Gasteiger partial charge in [-0.2, -0.15) is 0 Å². The quantitative estimate of drug-likeness (QED) is 0.657. The number of anilines is 2. The highest BCUT2D eigenvalue weighted by molar-refractivity contribution is 6.31. The van der Waals surface area contributed by atoms with Crippen LogP contribution in [0.25, 0.3) is 0 Å². The molecular formula is C20H15Cl2N3O2. The molecule has 1 aliphatic heterocycles. The summed E-state index contributed by atoms with van der Waals surface area (Å²) in [6.07, 6.45) is 1.05. The molecular weight excluding hydrogens is 385 g/mol. The molecule has 0 saturated carbocycles. The number of carbonyl (C=O) groups is 1. The van der Waals surface area contributed by atoms with E-state index in [9.17, 15) is 4.79 Å². The van der Waals surface area contributed by atoms with E-state index in [1.54, 1.807) is 48.4 Å². The largest absolute Gasteiger partial charge is 0.495 e. The summed E-state index contributed by atoms with van der Waals surface area (Å²) in [4.78, 5) is 19.0. The van der Waals surface area contributed by atoms with Gasteiger partial charge in [-0.15, -0.1) is 0 Å². The van der Waals surface area contributed by atoms with Crippen LogP contribution in [0.1, 0.15) is 22.1 Å². The number of rotatable bonds is 4. The Morgan fingerprint density at radius 2 is 1.85 bits per heavy atom. The van der Waals surface area contributed by atoms with Crippen LogP contribution in [0.4, 0.5) is 11.5 Å². The number of pyridine rings is 1. The topological polar surface area (TPSA) is 54.5 Å². The summed E-state index contributed by atoms with van der Waals surface area (Å²) in [6.45, 7) is 0. The number of ether oxygens (including phenoxy) is 1. The van der Waals surface area contributed by atoms with Crippen molar-refractivity contribution < 1.29 is 9.53 Å². The fourth-order valence-corrected chi connectivity index (χ4v) is 3.43. The smallest absolute Gasteiger partial charge is 0.261 e. The Hall–Kier alpha value is -2.76. The molecule has 1 aliphatic rings. The van der Waals surface area contributed by atoms with Crippen molar-refractivity contribution in [3.63, 3.8) is 0 Å². The van der Waals surface area contributed by atoms with Gasteiger partial charge in [0.05, 0.1) is 17.8 Å². The van der Waals surface area contributed by atoms with Gasteiger partial charge in [-0.3, -0.25) is 9.69 Å². The number of aromatic nitrogens is 1. The van der Waals surface area contributed by atoms with Gasteiger partial charge >= 0.3 is 0 Å². The van der Waals surface area contributed by atoms with Crippen molar-refractivity contribution in [2.45, 2.75) is 6.17 Å². The Morgan fingerprint density at radius 1 is 1.07 bits per heavy atom. The highest BCUT2D eigenvalue weighted by Crippen LogP contribution is 2.39. The van der Waals surface area contributed by atoms with Crippen LogP contribution in [0.3, 0.4) is 0 Å². The van der Waals surface area contributed by atoms with E-state index < -0.39 is 6.17 Å². The highest BCUT2D eigenvalue weighted by atomic mass is 35.5. The maximum atomic E-state index is 13.1. The average Bonchev–Trinajstić information content (AvgIpc) is 2.95. The first-order valence-corrected chi connectivity index (χ1v) is 8.98. The van der Waals surface area contributed by atoms with Gasteiger partial charge in [0.2, 0.25) is 0 Å². The zero-order valence-electron chi connectivity index (χ0n) is 14.3.